The molecule has 1 saturated carbocycles. The molecule has 1 atom stereocenters. The van der Waals surface area contributed by atoms with Crippen LogP contribution in [0.15, 0.2) is 42.0 Å². The molecule has 1 fully saturated rings. The van der Waals surface area contributed by atoms with Gasteiger partial charge < -0.3 is 0 Å². The van der Waals surface area contributed by atoms with E-state index in [1.807, 2.05) is 0 Å². The maximum Gasteiger partial charge on any atom is 0.159 e. The van der Waals surface area contributed by atoms with E-state index in [0.29, 0.717) is 5.92 Å². The van der Waals surface area contributed by atoms with E-state index in [9.17, 15) is 8.78 Å². The molecular weight excluding hydrogens is 266 g/mol. The van der Waals surface area contributed by atoms with Crippen LogP contribution in [0, 0.1) is 23.5 Å². The third kappa shape index (κ3) is 3.25. The molecule has 0 bridgehead atoms. The van der Waals surface area contributed by atoms with Gasteiger partial charge in [-0.3, -0.25) is 0 Å². The number of benzene rings is 1. The fourth-order valence-electron chi connectivity index (χ4n) is 3.52. The lowest BCUT2D eigenvalue weighted by molar-refractivity contribution is 0.322. The van der Waals surface area contributed by atoms with Gasteiger partial charge in [0.2, 0.25) is 0 Å². The number of rotatable bonds is 2. The normalized spacial score (nSPS) is 29.3. The van der Waals surface area contributed by atoms with Gasteiger partial charge in [-0.15, -0.1) is 0 Å². The van der Waals surface area contributed by atoms with Gasteiger partial charge in [0, 0.05) is 5.92 Å². The van der Waals surface area contributed by atoms with Gasteiger partial charge in [-0.25, -0.2) is 8.78 Å². The predicted molar refractivity (Wildman–Crippen MR) is 82.1 cm³/mol. The Morgan fingerprint density at radius 1 is 1.00 bits per heavy atom. The minimum absolute atomic E-state index is 0.173. The summed E-state index contributed by atoms with van der Waals surface area (Å²) in [4.78, 5) is 0. The Bertz CT molecular complexity index is 563. The summed E-state index contributed by atoms with van der Waals surface area (Å²) in [6, 6.07) is 4.24. The molecule has 21 heavy (non-hydrogen) atoms. The Labute approximate surface area is 125 Å². The SMILES string of the molecule is CC1CCC(C2=CCC(c3ccc(F)c(F)c3)C=C2)CC1. The standard InChI is InChI=1S/C19H22F2/c1-13-2-4-14(5-3-13)15-6-8-16(9-7-15)17-10-11-18(20)19(21)12-17/h6-8,10-14,16H,2-5,9H2,1H3. The molecule has 0 amide bonds. The van der Waals surface area contributed by atoms with Crippen molar-refractivity contribution in [3.05, 3.63) is 59.2 Å². The summed E-state index contributed by atoms with van der Waals surface area (Å²) in [5.74, 6) is 0.210. The second-order valence-corrected chi connectivity index (χ2v) is 6.54. The molecule has 0 N–H and O–H groups in total. The van der Waals surface area contributed by atoms with Crippen molar-refractivity contribution in [2.45, 2.75) is 44.9 Å². The van der Waals surface area contributed by atoms with Crippen LogP contribution in [0.3, 0.4) is 0 Å². The van der Waals surface area contributed by atoms with E-state index in [-0.39, 0.29) is 5.92 Å². The lowest BCUT2D eigenvalue weighted by Crippen LogP contribution is -2.15. The van der Waals surface area contributed by atoms with Crippen LogP contribution < -0.4 is 0 Å². The van der Waals surface area contributed by atoms with Crippen molar-refractivity contribution in [2.75, 3.05) is 0 Å². The number of allylic oxidation sites excluding steroid dienone is 4. The maximum atomic E-state index is 13.3. The average Bonchev–Trinajstić information content (AvgIpc) is 2.51. The molecule has 0 aliphatic heterocycles. The zero-order chi connectivity index (χ0) is 14.8. The molecule has 0 saturated heterocycles. The molecule has 0 heterocycles. The lowest BCUT2D eigenvalue weighted by atomic mass is 9.77. The van der Waals surface area contributed by atoms with E-state index in [2.05, 4.69) is 25.2 Å². The Morgan fingerprint density at radius 2 is 1.76 bits per heavy atom. The van der Waals surface area contributed by atoms with Crippen molar-refractivity contribution in [3.8, 4) is 0 Å². The van der Waals surface area contributed by atoms with Crippen LogP contribution in [0.2, 0.25) is 0 Å². The van der Waals surface area contributed by atoms with Crippen molar-refractivity contribution in [2.24, 2.45) is 11.8 Å². The summed E-state index contributed by atoms with van der Waals surface area (Å²) in [7, 11) is 0. The number of hydrogen-bond acceptors (Lipinski definition) is 0. The van der Waals surface area contributed by atoms with E-state index in [0.717, 1.165) is 17.9 Å². The van der Waals surface area contributed by atoms with Crippen LogP contribution >= 0.6 is 0 Å². The van der Waals surface area contributed by atoms with Crippen molar-refractivity contribution in [1.29, 1.82) is 0 Å². The molecule has 2 aliphatic rings. The van der Waals surface area contributed by atoms with E-state index in [1.165, 1.54) is 43.4 Å². The van der Waals surface area contributed by atoms with Gasteiger partial charge in [0.05, 0.1) is 0 Å². The summed E-state index contributed by atoms with van der Waals surface area (Å²) in [6.45, 7) is 2.33. The molecule has 0 nitrogen and oxygen atoms in total. The third-order valence-electron chi connectivity index (χ3n) is 4.99. The van der Waals surface area contributed by atoms with E-state index in [1.54, 1.807) is 6.07 Å². The number of hydrogen-bond donors (Lipinski definition) is 0. The largest absolute Gasteiger partial charge is 0.204 e. The molecule has 0 spiro atoms. The second-order valence-electron chi connectivity index (χ2n) is 6.54. The highest BCUT2D eigenvalue weighted by Crippen LogP contribution is 2.37. The molecule has 0 aromatic heterocycles. The highest BCUT2D eigenvalue weighted by Gasteiger charge is 2.22. The van der Waals surface area contributed by atoms with E-state index < -0.39 is 11.6 Å². The molecule has 2 heteroatoms. The smallest absolute Gasteiger partial charge is 0.159 e. The highest BCUT2D eigenvalue weighted by atomic mass is 19.2. The summed E-state index contributed by atoms with van der Waals surface area (Å²) in [5, 5.41) is 0. The molecule has 2 aliphatic carbocycles. The third-order valence-corrected chi connectivity index (χ3v) is 4.99. The maximum absolute atomic E-state index is 13.3. The molecule has 3 rings (SSSR count). The fraction of sp³-hybridized carbons (Fsp3) is 0.474. The summed E-state index contributed by atoms with van der Waals surface area (Å²) in [6.07, 6.45) is 12.8. The topological polar surface area (TPSA) is 0 Å². The monoisotopic (exact) mass is 288 g/mol. The fourth-order valence-corrected chi connectivity index (χ4v) is 3.52. The predicted octanol–water partition coefficient (Wildman–Crippen LogP) is 5.76. The van der Waals surface area contributed by atoms with Gasteiger partial charge in [-0.1, -0.05) is 44.1 Å². The first kappa shape index (κ1) is 14.5. The Balaban J connectivity index is 1.66. The van der Waals surface area contributed by atoms with Gasteiger partial charge in [-0.2, -0.15) is 0 Å². The van der Waals surface area contributed by atoms with Gasteiger partial charge in [0.1, 0.15) is 0 Å². The summed E-state index contributed by atoms with van der Waals surface area (Å²) < 4.78 is 26.3. The Hall–Kier alpha value is -1.44. The quantitative estimate of drug-likeness (QED) is 0.649. The zero-order valence-electron chi connectivity index (χ0n) is 12.5. The van der Waals surface area contributed by atoms with E-state index >= 15 is 0 Å². The minimum atomic E-state index is -0.772. The van der Waals surface area contributed by atoms with Crippen molar-refractivity contribution < 1.29 is 8.78 Å². The van der Waals surface area contributed by atoms with Crippen molar-refractivity contribution in [1.82, 2.24) is 0 Å². The minimum Gasteiger partial charge on any atom is -0.204 e. The summed E-state index contributed by atoms with van der Waals surface area (Å²) in [5.41, 5.74) is 2.30. The highest BCUT2D eigenvalue weighted by molar-refractivity contribution is 5.34. The van der Waals surface area contributed by atoms with Gasteiger partial charge >= 0.3 is 0 Å². The van der Waals surface area contributed by atoms with Gasteiger partial charge in [-0.05, 0) is 54.4 Å². The lowest BCUT2D eigenvalue weighted by Gasteiger charge is -2.29. The van der Waals surface area contributed by atoms with Crippen LogP contribution in [0.4, 0.5) is 8.78 Å². The summed E-state index contributed by atoms with van der Waals surface area (Å²) >= 11 is 0. The number of halogens is 2. The van der Waals surface area contributed by atoms with Crippen molar-refractivity contribution >= 4 is 0 Å². The molecule has 1 unspecified atom stereocenters. The molecule has 0 radical (unpaired) electrons. The first-order valence-corrected chi connectivity index (χ1v) is 7.96. The Kier molecular flexibility index (Phi) is 4.23. The van der Waals surface area contributed by atoms with Crippen LogP contribution in [0.25, 0.3) is 0 Å². The van der Waals surface area contributed by atoms with Crippen LogP contribution in [0.5, 0.6) is 0 Å². The zero-order valence-corrected chi connectivity index (χ0v) is 12.5. The average molecular weight is 288 g/mol. The first-order valence-electron chi connectivity index (χ1n) is 7.96. The molecular formula is C19H22F2. The van der Waals surface area contributed by atoms with Crippen LogP contribution in [-0.2, 0) is 0 Å². The van der Waals surface area contributed by atoms with Gasteiger partial charge in [0.15, 0.2) is 11.6 Å². The van der Waals surface area contributed by atoms with E-state index in [4.69, 9.17) is 0 Å². The van der Waals surface area contributed by atoms with Crippen LogP contribution in [0.1, 0.15) is 50.5 Å². The first-order chi connectivity index (χ1) is 10.1. The second kappa shape index (κ2) is 6.13. The Morgan fingerprint density at radius 3 is 2.38 bits per heavy atom. The van der Waals surface area contributed by atoms with Crippen LogP contribution in [-0.4, -0.2) is 0 Å². The van der Waals surface area contributed by atoms with Crippen molar-refractivity contribution in [3.63, 3.8) is 0 Å². The molecule has 112 valence electrons. The van der Waals surface area contributed by atoms with Gasteiger partial charge in [0.25, 0.3) is 0 Å². The molecule has 1 aromatic carbocycles. The molecule has 1 aromatic rings.